The monoisotopic (exact) mass is 396 g/mol. The standard InChI is InChI=1S/C21H21FN4O3/c1-4-6-14(7-5-2)20-17(19-9-8-16(28-3)13-26(19)25-20)10-15-11-23-12-18(24-15)21(27)29-22/h4,6-9,11-13H,5,10H2,1-3H3/b6-4-,14-7+. The SMILES string of the molecule is C/C=C\C(=C/CC)c1nn2cc(OC)ccc2c1Cc1cncc(C(=O)OF)n1. The van der Waals surface area contributed by atoms with Crippen LogP contribution in [-0.2, 0) is 11.4 Å². The van der Waals surface area contributed by atoms with Gasteiger partial charge in [-0.15, -0.1) is 0 Å². The topological polar surface area (TPSA) is 78.6 Å². The molecule has 0 aliphatic carbocycles. The third kappa shape index (κ3) is 4.31. The van der Waals surface area contributed by atoms with Gasteiger partial charge < -0.3 is 4.74 Å². The minimum Gasteiger partial charge on any atom is -0.495 e. The van der Waals surface area contributed by atoms with E-state index >= 15 is 0 Å². The minimum absolute atomic E-state index is 0.192. The van der Waals surface area contributed by atoms with Gasteiger partial charge in [-0.05, 0) is 31.1 Å². The van der Waals surface area contributed by atoms with Gasteiger partial charge in [0.2, 0.25) is 0 Å². The van der Waals surface area contributed by atoms with Crippen LogP contribution in [0.1, 0.15) is 47.7 Å². The van der Waals surface area contributed by atoms with Crippen molar-refractivity contribution in [3.63, 3.8) is 0 Å². The Bertz CT molecular complexity index is 1090. The number of halogens is 1. The molecule has 0 saturated heterocycles. The van der Waals surface area contributed by atoms with Crippen LogP contribution in [0.3, 0.4) is 0 Å². The summed E-state index contributed by atoms with van der Waals surface area (Å²) in [4.78, 5) is 22.9. The average molecular weight is 396 g/mol. The summed E-state index contributed by atoms with van der Waals surface area (Å²) in [6, 6.07) is 3.77. The molecule has 0 spiro atoms. The highest BCUT2D eigenvalue weighted by atomic mass is 19.3. The molecule has 3 rings (SSSR count). The van der Waals surface area contributed by atoms with Gasteiger partial charge in [0, 0.05) is 22.7 Å². The van der Waals surface area contributed by atoms with Gasteiger partial charge in [0.1, 0.15) is 5.75 Å². The largest absolute Gasteiger partial charge is 0.495 e. The Morgan fingerprint density at radius 1 is 1.31 bits per heavy atom. The van der Waals surface area contributed by atoms with Crippen LogP contribution in [0, 0.1) is 0 Å². The lowest BCUT2D eigenvalue weighted by molar-refractivity contribution is -0.0793. The van der Waals surface area contributed by atoms with Crippen LogP contribution in [0.25, 0.3) is 11.1 Å². The third-order valence-electron chi connectivity index (χ3n) is 4.31. The van der Waals surface area contributed by atoms with E-state index in [1.54, 1.807) is 17.8 Å². The van der Waals surface area contributed by atoms with E-state index in [1.807, 2.05) is 31.2 Å². The Balaban J connectivity index is 2.15. The van der Waals surface area contributed by atoms with E-state index in [-0.39, 0.29) is 5.69 Å². The zero-order valence-electron chi connectivity index (χ0n) is 16.4. The van der Waals surface area contributed by atoms with Gasteiger partial charge in [-0.3, -0.25) is 4.98 Å². The molecule has 0 N–H and O–H groups in total. The molecule has 8 heteroatoms. The van der Waals surface area contributed by atoms with Gasteiger partial charge in [-0.25, -0.2) is 19.2 Å². The summed E-state index contributed by atoms with van der Waals surface area (Å²) in [6.07, 6.45) is 11.7. The summed E-state index contributed by atoms with van der Waals surface area (Å²) in [5.74, 6) is -0.498. The molecule has 0 fully saturated rings. The van der Waals surface area contributed by atoms with Crippen molar-refractivity contribution in [2.45, 2.75) is 26.7 Å². The molecular formula is C21H21FN4O3. The number of rotatable bonds is 7. The zero-order chi connectivity index (χ0) is 20.8. The summed E-state index contributed by atoms with van der Waals surface area (Å²) in [6.45, 7) is 4.00. The van der Waals surface area contributed by atoms with Crippen LogP contribution >= 0.6 is 0 Å². The Kier molecular flexibility index (Phi) is 6.33. The van der Waals surface area contributed by atoms with E-state index < -0.39 is 5.97 Å². The fraction of sp³-hybridized carbons (Fsp3) is 0.238. The van der Waals surface area contributed by atoms with Crippen molar-refractivity contribution < 1.29 is 19.0 Å². The van der Waals surface area contributed by atoms with Crippen molar-refractivity contribution in [1.82, 2.24) is 19.6 Å². The number of methoxy groups -OCH3 is 1. The lowest BCUT2D eigenvalue weighted by Gasteiger charge is -2.05. The maximum atomic E-state index is 12.2. The number of aromatic nitrogens is 4. The minimum atomic E-state index is -1.18. The van der Waals surface area contributed by atoms with Crippen molar-refractivity contribution in [1.29, 1.82) is 0 Å². The molecule has 0 radical (unpaired) electrons. The number of allylic oxidation sites excluding steroid dienone is 4. The number of carbonyl (C=O) groups is 1. The highest BCUT2D eigenvalue weighted by Gasteiger charge is 2.18. The van der Waals surface area contributed by atoms with Crippen LogP contribution in [-0.4, -0.2) is 32.7 Å². The Morgan fingerprint density at radius 2 is 2.14 bits per heavy atom. The second kappa shape index (κ2) is 9.09. The fourth-order valence-corrected chi connectivity index (χ4v) is 3.06. The van der Waals surface area contributed by atoms with E-state index in [0.717, 1.165) is 35.0 Å². The first-order valence-corrected chi connectivity index (χ1v) is 9.13. The van der Waals surface area contributed by atoms with E-state index in [4.69, 9.17) is 9.84 Å². The molecule has 29 heavy (non-hydrogen) atoms. The van der Waals surface area contributed by atoms with Crippen molar-refractivity contribution in [2.24, 2.45) is 0 Å². The second-order valence-electron chi connectivity index (χ2n) is 6.23. The maximum Gasteiger partial charge on any atom is 0.399 e. The first-order chi connectivity index (χ1) is 14.1. The lowest BCUT2D eigenvalue weighted by Crippen LogP contribution is -2.06. The van der Waals surface area contributed by atoms with Crippen LogP contribution in [0.5, 0.6) is 5.75 Å². The number of fused-ring (bicyclic) bond motifs is 1. The molecule has 0 aromatic carbocycles. The molecule has 0 unspecified atom stereocenters. The quantitative estimate of drug-likeness (QED) is 0.559. The summed E-state index contributed by atoms with van der Waals surface area (Å²) in [5.41, 5.74) is 3.84. The van der Waals surface area contributed by atoms with E-state index in [2.05, 4.69) is 27.9 Å². The molecule has 0 amide bonds. The Labute approximate surface area is 167 Å². The number of nitrogens with zero attached hydrogens (tertiary/aromatic N) is 4. The molecule has 3 aromatic rings. The van der Waals surface area contributed by atoms with E-state index in [9.17, 15) is 9.32 Å². The first-order valence-electron chi connectivity index (χ1n) is 9.13. The van der Waals surface area contributed by atoms with Gasteiger partial charge in [0.05, 0.1) is 36.4 Å². The molecule has 0 aliphatic rings. The van der Waals surface area contributed by atoms with Crippen LogP contribution in [0.15, 0.2) is 49.0 Å². The predicted molar refractivity (Wildman–Crippen MR) is 106 cm³/mol. The molecule has 150 valence electrons. The third-order valence-corrected chi connectivity index (χ3v) is 4.31. The number of hydrogen-bond acceptors (Lipinski definition) is 6. The summed E-state index contributed by atoms with van der Waals surface area (Å²) < 4.78 is 19.3. The van der Waals surface area contributed by atoms with Gasteiger partial charge in [-0.1, -0.05) is 25.2 Å². The normalized spacial score (nSPS) is 11.9. The van der Waals surface area contributed by atoms with Gasteiger partial charge >= 0.3 is 5.97 Å². The van der Waals surface area contributed by atoms with Crippen molar-refractivity contribution >= 4 is 17.1 Å². The number of pyridine rings is 1. The van der Waals surface area contributed by atoms with Crippen LogP contribution in [0.2, 0.25) is 0 Å². The second-order valence-corrected chi connectivity index (χ2v) is 6.23. The molecule has 0 aliphatic heterocycles. The van der Waals surface area contributed by atoms with Gasteiger partial charge in [-0.2, -0.15) is 5.10 Å². The summed E-state index contributed by atoms with van der Waals surface area (Å²) in [5, 5.41) is 4.75. The number of carbonyl (C=O) groups excluding carboxylic acids is 1. The predicted octanol–water partition coefficient (Wildman–Crippen LogP) is 4.13. The maximum absolute atomic E-state index is 12.2. The zero-order valence-corrected chi connectivity index (χ0v) is 16.4. The molecule has 7 nitrogen and oxygen atoms in total. The van der Waals surface area contributed by atoms with Crippen LogP contribution < -0.4 is 4.74 Å². The molecular weight excluding hydrogens is 375 g/mol. The van der Waals surface area contributed by atoms with Gasteiger partial charge in [0.15, 0.2) is 5.69 Å². The molecule has 0 atom stereocenters. The van der Waals surface area contributed by atoms with Crippen molar-refractivity contribution in [3.05, 3.63) is 71.6 Å². The van der Waals surface area contributed by atoms with Crippen molar-refractivity contribution in [2.75, 3.05) is 7.11 Å². The average Bonchev–Trinajstić information content (AvgIpc) is 3.10. The first kappa shape index (κ1) is 20.2. The molecule has 0 saturated carbocycles. The Morgan fingerprint density at radius 3 is 2.83 bits per heavy atom. The van der Waals surface area contributed by atoms with Crippen molar-refractivity contribution in [3.8, 4) is 5.75 Å². The molecule has 3 aromatic heterocycles. The molecule has 3 heterocycles. The van der Waals surface area contributed by atoms with Gasteiger partial charge in [0.25, 0.3) is 0 Å². The Hall–Kier alpha value is -3.55. The highest BCUT2D eigenvalue weighted by Crippen LogP contribution is 2.28. The summed E-state index contributed by atoms with van der Waals surface area (Å²) >= 11 is 0. The van der Waals surface area contributed by atoms with E-state index in [1.165, 1.54) is 6.20 Å². The smallest absolute Gasteiger partial charge is 0.399 e. The fourth-order valence-electron chi connectivity index (χ4n) is 3.06. The molecule has 0 bridgehead atoms. The number of hydrogen-bond donors (Lipinski definition) is 0. The highest BCUT2D eigenvalue weighted by molar-refractivity contribution is 5.86. The summed E-state index contributed by atoms with van der Waals surface area (Å²) in [7, 11) is 1.60. The lowest BCUT2D eigenvalue weighted by atomic mass is 10.0. The van der Waals surface area contributed by atoms with Crippen LogP contribution in [0.4, 0.5) is 4.53 Å². The van der Waals surface area contributed by atoms with E-state index in [0.29, 0.717) is 17.9 Å². The number of ether oxygens (including phenoxy) is 1.